The molecule has 0 radical (unpaired) electrons. The lowest BCUT2D eigenvalue weighted by Gasteiger charge is -2.27. The van der Waals surface area contributed by atoms with Crippen LogP contribution in [0.5, 0.6) is 0 Å². The number of amides is 2. The summed E-state index contributed by atoms with van der Waals surface area (Å²) in [5.74, 6) is 0. The first kappa shape index (κ1) is 11.9. The number of nitrogens with one attached hydrogen (secondary N) is 2. The number of hydrogen-bond donors (Lipinski definition) is 2. The molecule has 17 heavy (non-hydrogen) atoms. The molecule has 0 aromatic carbocycles. The van der Waals surface area contributed by atoms with Gasteiger partial charge in [0.25, 0.3) is 0 Å². The molecule has 0 spiro atoms. The Balaban J connectivity index is 1.93. The van der Waals surface area contributed by atoms with E-state index in [0.29, 0.717) is 11.7 Å². The molecule has 1 fully saturated rings. The molecular weight excluding hydrogens is 218 g/mol. The topological polar surface area (TPSA) is 64.3 Å². The van der Waals surface area contributed by atoms with Gasteiger partial charge in [0, 0.05) is 25.3 Å². The predicted molar refractivity (Wildman–Crippen MR) is 65.9 cm³/mol. The number of aromatic amines is 1. The highest BCUT2D eigenvalue weighted by Gasteiger charge is 2.28. The largest absolute Gasteiger partial charge is 0.322 e. The lowest BCUT2D eigenvalue weighted by atomic mass is 10.2. The molecule has 0 bridgehead atoms. The van der Waals surface area contributed by atoms with Crippen LogP contribution in [-0.2, 0) is 0 Å². The van der Waals surface area contributed by atoms with E-state index in [4.69, 9.17) is 0 Å². The first-order valence-corrected chi connectivity index (χ1v) is 5.88. The number of rotatable bonds is 3. The third-order valence-electron chi connectivity index (χ3n) is 2.96. The summed E-state index contributed by atoms with van der Waals surface area (Å²) in [7, 11) is 4.06. The molecule has 1 aromatic heterocycles. The maximum absolute atomic E-state index is 12.1. The molecule has 6 nitrogen and oxygen atoms in total. The summed E-state index contributed by atoms with van der Waals surface area (Å²) in [6.45, 7) is 1.75. The average Bonchev–Trinajstić information content (AvgIpc) is 2.87. The van der Waals surface area contributed by atoms with Crippen LogP contribution in [0, 0.1) is 0 Å². The molecule has 2 amide bonds. The van der Waals surface area contributed by atoms with E-state index in [1.165, 1.54) is 0 Å². The lowest BCUT2D eigenvalue weighted by Crippen LogP contribution is -2.43. The fraction of sp³-hybridized carbons (Fsp3) is 0.636. The molecular formula is C11H19N5O. The number of nitrogens with zero attached hydrogens (tertiary/aromatic N) is 3. The third kappa shape index (κ3) is 2.97. The molecule has 0 saturated carbocycles. The molecule has 2 heterocycles. The Labute approximate surface area is 101 Å². The van der Waals surface area contributed by atoms with Crippen molar-refractivity contribution in [1.29, 1.82) is 0 Å². The second-order valence-electron chi connectivity index (χ2n) is 4.67. The first-order valence-electron chi connectivity index (χ1n) is 5.88. The van der Waals surface area contributed by atoms with Crippen LogP contribution >= 0.6 is 0 Å². The molecule has 1 aliphatic heterocycles. The Bertz CT molecular complexity index is 362. The van der Waals surface area contributed by atoms with Gasteiger partial charge in [-0.3, -0.25) is 5.10 Å². The fourth-order valence-corrected chi connectivity index (χ4v) is 2.23. The van der Waals surface area contributed by atoms with Gasteiger partial charge in [-0.15, -0.1) is 0 Å². The minimum atomic E-state index is -0.0317. The Morgan fingerprint density at radius 2 is 2.53 bits per heavy atom. The quantitative estimate of drug-likeness (QED) is 0.823. The SMILES string of the molecule is CN(C)CC1CCCN1C(=O)Nc1cn[nH]c1. The van der Waals surface area contributed by atoms with E-state index in [1.54, 1.807) is 12.4 Å². The predicted octanol–water partition coefficient (Wildman–Crippen LogP) is 0.968. The number of anilines is 1. The summed E-state index contributed by atoms with van der Waals surface area (Å²) in [6, 6.07) is 0.285. The highest BCUT2D eigenvalue weighted by molar-refractivity contribution is 5.89. The van der Waals surface area contributed by atoms with E-state index in [9.17, 15) is 4.79 Å². The molecule has 1 saturated heterocycles. The molecule has 0 aliphatic carbocycles. The maximum Gasteiger partial charge on any atom is 0.322 e. The highest BCUT2D eigenvalue weighted by Crippen LogP contribution is 2.19. The van der Waals surface area contributed by atoms with Crippen molar-refractivity contribution in [2.75, 3.05) is 32.5 Å². The van der Waals surface area contributed by atoms with Crippen LogP contribution in [0.25, 0.3) is 0 Å². The first-order chi connectivity index (χ1) is 8.16. The lowest BCUT2D eigenvalue weighted by molar-refractivity contribution is 0.193. The molecule has 1 aromatic rings. The summed E-state index contributed by atoms with van der Waals surface area (Å²) in [5.41, 5.74) is 0.713. The van der Waals surface area contributed by atoms with Crippen LogP contribution < -0.4 is 5.32 Å². The Morgan fingerprint density at radius 3 is 3.18 bits per heavy atom. The summed E-state index contributed by atoms with van der Waals surface area (Å²) >= 11 is 0. The van der Waals surface area contributed by atoms with Gasteiger partial charge < -0.3 is 15.1 Å². The van der Waals surface area contributed by atoms with Crippen LogP contribution in [-0.4, -0.2) is 59.3 Å². The molecule has 1 aliphatic rings. The zero-order chi connectivity index (χ0) is 12.3. The van der Waals surface area contributed by atoms with Crippen molar-refractivity contribution in [1.82, 2.24) is 20.0 Å². The second kappa shape index (κ2) is 5.18. The number of urea groups is 1. The van der Waals surface area contributed by atoms with Crippen LogP contribution in [0.2, 0.25) is 0 Å². The standard InChI is InChI=1S/C11H19N5O/c1-15(2)8-10-4-3-5-16(10)11(17)14-9-6-12-13-7-9/h6-7,10H,3-5,8H2,1-2H3,(H,12,13)(H,14,17). The zero-order valence-electron chi connectivity index (χ0n) is 10.3. The Hall–Kier alpha value is -1.56. The molecule has 1 unspecified atom stereocenters. The van der Waals surface area contributed by atoms with Crippen molar-refractivity contribution < 1.29 is 4.79 Å². The van der Waals surface area contributed by atoms with E-state index in [-0.39, 0.29) is 6.03 Å². The molecule has 1 atom stereocenters. The number of likely N-dealkylation sites (N-methyl/N-ethyl adjacent to an activating group) is 1. The van der Waals surface area contributed by atoms with Gasteiger partial charge in [-0.2, -0.15) is 5.10 Å². The molecule has 2 N–H and O–H groups in total. The zero-order valence-corrected chi connectivity index (χ0v) is 10.3. The van der Waals surface area contributed by atoms with Crippen LogP contribution in [0.15, 0.2) is 12.4 Å². The summed E-state index contributed by atoms with van der Waals surface area (Å²) in [4.78, 5) is 16.1. The molecule has 2 rings (SSSR count). The van der Waals surface area contributed by atoms with Gasteiger partial charge in [0.05, 0.1) is 11.9 Å². The monoisotopic (exact) mass is 237 g/mol. The summed E-state index contributed by atoms with van der Waals surface area (Å²) < 4.78 is 0. The van der Waals surface area contributed by atoms with Crippen molar-refractivity contribution in [3.8, 4) is 0 Å². The minimum absolute atomic E-state index is 0.0317. The Morgan fingerprint density at radius 1 is 1.71 bits per heavy atom. The van der Waals surface area contributed by atoms with E-state index in [0.717, 1.165) is 25.9 Å². The van der Waals surface area contributed by atoms with E-state index in [2.05, 4.69) is 20.4 Å². The summed E-state index contributed by atoms with van der Waals surface area (Å²) in [6.07, 6.45) is 5.44. The van der Waals surface area contributed by atoms with Gasteiger partial charge in [0.1, 0.15) is 0 Å². The number of likely N-dealkylation sites (tertiary alicyclic amines) is 1. The van der Waals surface area contributed by atoms with E-state index in [1.807, 2.05) is 19.0 Å². The third-order valence-corrected chi connectivity index (χ3v) is 2.96. The van der Waals surface area contributed by atoms with Gasteiger partial charge in [0.2, 0.25) is 0 Å². The minimum Gasteiger partial charge on any atom is -0.320 e. The Kier molecular flexibility index (Phi) is 3.63. The average molecular weight is 237 g/mol. The number of aromatic nitrogens is 2. The molecule has 94 valence electrons. The van der Waals surface area contributed by atoms with Crippen molar-refractivity contribution in [2.24, 2.45) is 0 Å². The fourth-order valence-electron chi connectivity index (χ4n) is 2.23. The van der Waals surface area contributed by atoms with Crippen molar-refractivity contribution in [2.45, 2.75) is 18.9 Å². The number of hydrogen-bond acceptors (Lipinski definition) is 3. The number of carbonyl (C=O) groups excluding carboxylic acids is 1. The second-order valence-corrected chi connectivity index (χ2v) is 4.67. The van der Waals surface area contributed by atoms with Crippen molar-refractivity contribution >= 4 is 11.7 Å². The number of H-pyrrole nitrogens is 1. The van der Waals surface area contributed by atoms with Gasteiger partial charge in [0.15, 0.2) is 0 Å². The van der Waals surface area contributed by atoms with Crippen LogP contribution in [0.1, 0.15) is 12.8 Å². The molecule has 6 heteroatoms. The normalized spacial score (nSPS) is 19.9. The van der Waals surface area contributed by atoms with E-state index < -0.39 is 0 Å². The van der Waals surface area contributed by atoms with Crippen molar-refractivity contribution in [3.63, 3.8) is 0 Å². The highest BCUT2D eigenvalue weighted by atomic mass is 16.2. The van der Waals surface area contributed by atoms with Gasteiger partial charge in [-0.1, -0.05) is 0 Å². The maximum atomic E-state index is 12.1. The number of carbonyl (C=O) groups is 1. The van der Waals surface area contributed by atoms with Gasteiger partial charge in [-0.05, 0) is 26.9 Å². The van der Waals surface area contributed by atoms with Gasteiger partial charge >= 0.3 is 6.03 Å². The smallest absolute Gasteiger partial charge is 0.320 e. The summed E-state index contributed by atoms with van der Waals surface area (Å²) in [5, 5.41) is 9.32. The van der Waals surface area contributed by atoms with Gasteiger partial charge in [-0.25, -0.2) is 4.79 Å². The van der Waals surface area contributed by atoms with Crippen LogP contribution in [0.4, 0.5) is 10.5 Å². The van der Waals surface area contributed by atoms with Crippen molar-refractivity contribution in [3.05, 3.63) is 12.4 Å². The van der Waals surface area contributed by atoms with E-state index >= 15 is 0 Å². The van der Waals surface area contributed by atoms with Crippen LogP contribution in [0.3, 0.4) is 0 Å².